The molecule has 1 heterocycles. The molecule has 0 aromatic heterocycles. The molecule has 1 fully saturated rings. The topological polar surface area (TPSA) is 64.6 Å². The average Bonchev–Trinajstić information content (AvgIpc) is 2.94. The van der Waals surface area contributed by atoms with E-state index in [1.54, 1.807) is 12.1 Å². The fraction of sp³-hybridized carbons (Fsp3) is 0.600. The van der Waals surface area contributed by atoms with Crippen LogP contribution in [0.25, 0.3) is 0 Å². The molecular formula is C15H23NO4S. The lowest BCUT2D eigenvalue weighted by Crippen LogP contribution is -2.32. The lowest BCUT2D eigenvalue weighted by Gasteiger charge is -2.16. The SMILES string of the molecule is CCOc1cc(C)c(C)cc1S(=O)(=O)NCC1CCCO1. The van der Waals surface area contributed by atoms with E-state index in [4.69, 9.17) is 9.47 Å². The van der Waals surface area contributed by atoms with Gasteiger partial charge in [0, 0.05) is 13.2 Å². The van der Waals surface area contributed by atoms with Gasteiger partial charge < -0.3 is 9.47 Å². The second-order valence-corrected chi connectivity index (χ2v) is 7.04. The molecule has 0 radical (unpaired) electrons. The fourth-order valence-corrected chi connectivity index (χ4v) is 3.60. The summed E-state index contributed by atoms with van der Waals surface area (Å²) in [4.78, 5) is 0.199. The molecule has 0 amide bonds. The summed E-state index contributed by atoms with van der Waals surface area (Å²) in [5, 5.41) is 0. The third-order valence-corrected chi connectivity index (χ3v) is 5.12. The van der Waals surface area contributed by atoms with Gasteiger partial charge in [0.25, 0.3) is 0 Å². The minimum absolute atomic E-state index is 0.0261. The fourth-order valence-electron chi connectivity index (χ4n) is 2.33. The van der Waals surface area contributed by atoms with Crippen molar-refractivity contribution < 1.29 is 17.9 Å². The highest BCUT2D eigenvalue weighted by Crippen LogP contribution is 2.27. The molecule has 5 nitrogen and oxygen atoms in total. The van der Waals surface area contributed by atoms with Crippen molar-refractivity contribution in [3.63, 3.8) is 0 Å². The minimum atomic E-state index is -3.59. The smallest absolute Gasteiger partial charge is 0.244 e. The number of nitrogens with one attached hydrogen (secondary N) is 1. The van der Waals surface area contributed by atoms with E-state index in [2.05, 4.69) is 4.72 Å². The van der Waals surface area contributed by atoms with Crippen molar-refractivity contribution >= 4 is 10.0 Å². The summed E-state index contributed by atoms with van der Waals surface area (Å²) in [7, 11) is -3.59. The summed E-state index contributed by atoms with van der Waals surface area (Å²) in [6.45, 7) is 7.11. The van der Waals surface area contributed by atoms with Crippen molar-refractivity contribution in [2.24, 2.45) is 0 Å². The van der Waals surface area contributed by atoms with Gasteiger partial charge >= 0.3 is 0 Å². The van der Waals surface area contributed by atoms with E-state index in [0.717, 1.165) is 24.0 Å². The lowest BCUT2D eigenvalue weighted by molar-refractivity contribution is 0.114. The molecule has 1 aromatic carbocycles. The largest absolute Gasteiger partial charge is 0.492 e. The van der Waals surface area contributed by atoms with Crippen molar-refractivity contribution in [1.82, 2.24) is 4.72 Å². The van der Waals surface area contributed by atoms with Crippen LogP contribution in [0.3, 0.4) is 0 Å². The van der Waals surface area contributed by atoms with Gasteiger partial charge in [0.05, 0.1) is 12.7 Å². The standard InChI is InChI=1S/C15H23NO4S/c1-4-19-14-8-11(2)12(3)9-15(14)21(17,18)16-10-13-6-5-7-20-13/h8-9,13,16H,4-7,10H2,1-3H3. The van der Waals surface area contributed by atoms with E-state index < -0.39 is 10.0 Å². The monoisotopic (exact) mass is 313 g/mol. The van der Waals surface area contributed by atoms with Crippen LogP contribution >= 0.6 is 0 Å². The van der Waals surface area contributed by atoms with E-state index in [1.165, 1.54) is 0 Å². The quantitative estimate of drug-likeness (QED) is 0.874. The van der Waals surface area contributed by atoms with Gasteiger partial charge in [-0.3, -0.25) is 0 Å². The zero-order valence-corrected chi connectivity index (χ0v) is 13.6. The molecule has 1 N–H and O–H groups in total. The summed E-state index contributed by atoms with van der Waals surface area (Å²) in [5.74, 6) is 0.403. The first-order valence-corrected chi connectivity index (χ1v) is 8.77. The molecular weight excluding hydrogens is 290 g/mol. The third-order valence-electron chi connectivity index (χ3n) is 3.67. The highest BCUT2D eigenvalue weighted by molar-refractivity contribution is 7.89. The number of hydrogen-bond donors (Lipinski definition) is 1. The number of ether oxygens (including phenoxy) is 2. The first-order chi connectivity index (χ1) is 9.94. The average molecular weight is 313 g/mol. The molecule has 118 valence electrons. The van der Waals surface area contributed by atoms with Crippen molar-refractivity contribution in [1.29, 1.82) is 0 Å². The predicted molar refractivity (Wildman–Crippen MR) is 81.2 cm³/mol. The summed E-state index contributed by atoms with van der Waals surface area (Å²) in [6, 6.07) is 3.44. The normalized spacial score (nSPS) is 18.9. The van der Waals surface area contributed by atoms with Crippen LogP contribution in [0.1, 0.15) is 30.9 Å². The Morgan fingerprint density at radius 3 is 2.67 bits per heavy atom. The highest BCUT2D eigenvalue weighted by atomic mass is 32.2. The van der Waals surface area contributed by atoms with Crippen LogP contribution in [-0.2, 0) is 14.8 Å². The summed E-state index contributed by atoms with van der Waals surface area (Å²) in [5.41, 5.74) is 1.94. The number of sulfonamides is 1. The summed E-state index contributed by atoms with van der Waals surface area (Å²) in [6.07, 6.45) is 1.86. The molecule has 0 aliphatic carbocycles. The van der Waals surface area contributed by atoms with E-state index in [0.29, 0.717) is 25.5 Å². The van der Waals surface area contributed by atoms with Gasteiger partial charge in [-0.15, -0.1) is 0 Å². The van der Waals surface area contributed by atoms with Gasteiger partial charge in [0.15, 0.2) is 0 Å². The maximum atomic E-state index is 12.5. The lowest BCUT2D eigenvalue weighted by atomic mass is 10.1. The van der Waals surface area contributed by atoms with Gasteiger partial charge in [-0.2, -0.15) is 0 Å². The van der Waals surface area contributed by atoms with Crippen LogP contribution in [0.15, 0.2) is 17.0 Å². The van der Waals surface area contributed by atoms with Crippen LogP contribution in [0.4, 0.5) is 0 Å². The van der Waals surface area contributed by atoms with Crippen LogP contribution in [-0.4, -0.2) is 34.3 Å². The minimum Gasteiger partial charge on any atom is -0.492 e. The van der Waals surface area contributed by atoms with Crippen LogP contribution < -0.4 is 9.46 Å². The second kappa shape index (κ2) is 6.77. The zero-order valence-electron chi connectivity index (χ0n) is 12.8. The maximum Gasteiger partial charge on any atom is 0.244 e. The Kier molecular flexibility index (Phi) is 5.24. The molecule has 0 spiro atoms. The van der Waals surface area contributed by atoms with Crippen molar-refractivity contribution in [3.8, 4) is 5.75 Å². The Morgan fingerprint density at radius 1 is 1.33 bits per heavy atom. The molecule has 2 rings (SSSR count). The number of hydrogen-bond acceptors (Lipinski definition) is 4. The Hall–Kier alpha value is -1.11. The zero-order chi connectivity index (χ0) is 15.5. The molecule has 1 saturated heterocycles. The molecule has 1 aliphatic heterocycles. The Bertz CT molecular complexity index is 592. The number of benzene rings is 1. The molecule has 0 bridgehead atoms. The van der Waals surface area contributed by atoms with Crippen LogP contribution in [0.2, 0.25) is 0 Å². The van der Waals surface area contributed by atoms with Gasteiger partial charge in [-0.25, -0.2) is 13.1 Å². The summed E-state index contributed by atoms with van der Waals surface area (Å²) < 4.78 is 38.6. The second-order valence-electron chi connectivity index (χ2n) is 5.30. The molecule has 21 heavy (non-hydrogen) atoms. The molecule has 1 unspecified atom stereocenters. The van der Waals surface area contributed by atoms with Gasteiger partial charge in [0.2, 0.25) is 10.0 Å². The Labute approximate surface area is 126 Å². The molecule has 0 saturated carbocycles. The number of rotatable bonds is 6. The van der Waals surface area contributed by atoms with E-state index in [9.17, 15) is 8.42 Å². The van der Waals surface area contributed by atoms with Gasteiger partial charge in [-0.05, 0) is 56.9 Å². The molecule has 1 aliphatic rings. The molecule has 1 aromatic rings. The highest BCUT2D eigenvalue weighted by Gasteiger charge is 2.23. The van der Waals surface area contributed by atoms with Crippen molar-refractivity contribution in [2.45, 2.75) is 44.6 Å². The Morgan fingerprint density at radius 2 is 2.05 bits per heavy atom. The number of aryl methyl sites for hydroxylation is 2. The third kappa shape index (κ3) is 3.96. The first kappa shape index (κ1) is 16.3. The van der Waals surface area contributed by atoms with Crippen LogP contribution in [0.5, 0.6) is 5.75 Å². The first-order valence-electron chi connectivity index (χ1n) is 7.29. The van der Waals surface area contributed by atoms with Crippen LogP contribution in [0, 0.1) is 13.8 Å². The predicted octanol–water partition coefficient (Wildman–Crippen LogP) is 2.16. The van der Waals surface area contributed by atoms with Gasteiger partial charge in [0.1, 0.15) is 10.6 Å². The molecule has 1 atom stereocenters. The van der Waals surface area contributed by atoms with Crippen molar-refractivity contribution in [3.05, 3.63) is 23.3 Å². The van der Waals surface area contributed by atoms with E-state index in [-0.39, 0.29) is 11.0 Å². The maximum absolute atomic E-state index is 12.5. The van der Waals surface area contributed by atoms with E-state index >= 15 is 0 Å². The van der Waals surface area contributed by atoms with E-state index in [1.807, 2.05) is 20.8 Å². The molecule has 6 heteroatoms. The Balaban J connectivity index is 2.22. The van der Waals surface area contributed by atoms with Crippen molar-refractivity contribution in [2.75, 3.05) is 19.8 Å². The summed E-state index contributed by atoms with van der Waals surface area (Å²) >= 11 is 0. The van der Waals surface area contributed by atoms with Gasteiger partial charge in [-0.1, -0.05) is 0 Å².